The molecule has 0 aliphatic rings. The second-order valence-electron chi connectivity index (χ2n) is 3.32. The molecular weight excluding hydrogens is 238 g/mol. The molecule has 0 saturated carbocycles. The molecule has 2 rings (SSSR count). The van der Waals surface area contributed by atoms with Crippen molar-refractivity contribution < 1.29 is 5.21 Å². The Balaban J connectivity index is 2.32. The predicted molar refractivity (Wildman–Crippen MR) is 64.2 cm³/mol. The van der Waals surface area contributed by atoms with Crippen LogP contribution in [-0.2, 0) is 0 Å². The van der Waals surface area contributed by atoms with Crippen LogP contribution < -0.4 is 5.73 Å². The number of nitrogens with zero attached hydrogens (tertiary/aromatic N) is 3. The largest absolute Gasteiger partial charge is 0.409 e. The normalized spacial score (nSPS) is 11.7. The van der Waals surface area contributed by atoms with E-state index in [2.05, 4.69) is 20.1 Å². The van der Waals surface area contributed by atoms with Gasteiger partial charge in [0.05, 0.1) is 0 Å². The summed E-state index contributed by atoms with van der Waals surface area (Å²) in [5, 5.41) is 13.1. The Morgan fingerprint density at radius 2 is 2.35 bits per heavy atom. The number of hydrogen-bond acceptors (Lipinski definition) is 5. The Kier molecular flexibility index (Phi) is 3.29. The molecule has 0 aliphatic heterocycles. The highest BCUT2D eigenvalue weighted by Crippen LogP contribution is 2.23. The molecule has 0 aromatic carbocycles. The number of imidazole rings is 1. The van der Waals surface area contributed by atoms with Gasteiger partial charge in [-0.3, -0.25) is 0 Å². The number of pyridine rings is 1. The van der Waals surface area contributed by atoms with Crippen LogP contribution in [0, 0.1) is 6.92 Å². The van der Waals surface area contributed by atoms with E-state index >= 15 is 0 Å². The van der Waals surface area contributed by atoms with Gasteiger partial charge in [-0.25, -0.2) is 9.97 Å². The first-order chi connectivity index (χ1) is 8.19. The average Bonchev–Trinajstić information content (AvgIpc) is 2.80. The monoisotopic (exact) mass is 249 g/mol. The summed E-state index contributed by atoms with van der Waals surface area (Å²) < 4.78 is 0. The van der Waals surface area contributed by atoms with E-state index < -0.39 is 0 Å². The van der Waals surface area contributed by atoms with Crippen LogP contribution >= 0.6 is 11.8 Å². The number of nitrogens with two attached hydrogens (primary N) is 1. The standard InChI is InChI=1S/C10H11N5OS/c1-6-4-7(9(11)15-16)5-8(14-6)17-10-12-2-3-13-10/h2-5,16H,1H3,(H2,11,15)(H,12,13). The second kappa shape index (κ2) is 4.88. The zero-order valence-corrected chi connectivity index (χ0v) is 9.90. The van der Waals surface area contributed by atoms with Crippen LogP contribution in [0.4, 0.5) is 0 Å². The minimum absolute atomic E-state index is 0.0665. The molecule has 2 aromatic heterocycles. The van der Waals surface area contributed by atoms with Gasteiger partial charge in [0, 0.05) is 23.7 Å². The fourth-order valence-corrected chi connectivity index (χ4v) is 2.12. The lowest BCUT2D eigenvalue weighted by molar-refractivity contribution is 0.318. The molecule has 0 unspecified atom stereocenters. The number of hydrogen-bond donors (Lipinski definition) is 3. The van der Waals surface area contributed by atoms with Gasteiger partial charge in [-0.1, -0.05) is 5.16 Å². The number of oxime groups is 1. The molecule has 0 atom stereocenters. The van der Waals surface area contributed by atoms with Gasteiger partial charge in [-0.05, 0) is 30.8 Å². The number of H-pyrrole nitrogens is 1. The summed E-state index contributed by atoms with van der Waals surface area (Å²) in [5.41, 5.74) is 6.97. The second-order valence-corrected chi connectivity index (χ2v) is 4.33. The number of aromatic nitrogens is 3. The molecule has 0 amide bonds. The fraction of sp³-hybridized carbons (Fsp3) is 0.100. The molecular formula is C10H11N5OS. The number of amidine groups is 1. The summed E-state index contributed by atoms with van der Waals surface area (Å²) in [4.78, 5) is 11.4. The molecule has 6 nitrogen and oxygen atoms in total. The Morgan fingerprint density at radius 3 is 3.00 bits per heavy atom. The molecule has 0 spiro atoms. The highest BCUT2D eigenvalue weighted by molar-refractivity contribution is 7.99. The molecule has 0 radical (unpaired) electrons. The van der Waals surface area contributed by atoms with E-state index in [1.807, 2.05) is 6.92 Å². The molecule has 2 aromatic rings. The maximum atomic E-state index is 8.64. The number of aromatic amines is 1. The molecule has 0 bridgehead atoms. The highest BCUT2D eigenvalue weighted by Gasteiger charge is 2.06. The Morgan fingerprint density at radius 1 is 1.53 bits per heavy atom. The van der Waals surface area contributed by atoms with Crippen LogP contribution in [0.3, 0.4) is 0 Å². The van der Waals surface area contributed by atoms with Crippen LogP contribution in [0.1, 0.15) is 11.3 Å². The van der Waals surface area contributed by atoms with Crippen molar-refractivity contribution in [2.24, 2.45) is 10.9 Å². The summed E-state index contributed by atoms with van der Waals surface area (Å²) in [6, 6.07) is 3.50. The van der Waals surface area contributed by atoms with Crippen molar-refractivity contribution in [1.82, 2.24) is 15.0 Å². The highest BCUT2D eigenvalue weighted by atomic mass is 32.2. The van der Waals surface area contributed by atoms with Crippen LogP contribution in [0.2, 0.25) is 0 Å². The van der Waals surface area contributed by atoms with Crippen molar-refractivity contribution in [3.8, 4) is 0 Å². The predicted octanol–water partition coefficient (Wildman–Crippen LogP) is 1.36. The topological polar surface area (TPSA) is 100 Å². The summed E-state index contributed by atoms with van der Waals surface area (Å²) in [7, 11) is 0. The van der Waals surface area contributed by atoms with Crippen molar-refractivity contribution in [2.75, 3.05) is 0 Å². The molecule has 0 saturated heterocycles. The third-order valence-electron chi connectivity index (χ3n) is 2.01. The third kappa shape index (κ3) is 2.76. The maximum Gasteiger partial charge on any atom is 0.171 e. The summed E-state index contributed by atoms with van der Waals surface area (Å²) in [6.07, 6.45) is 3.41. The SMILES string of the molecule is Cc1cc(/C(N)=N/O)cc(Sc2ncc[nH]2)n1. The molecule has 0 aliphatic carbocycles. The van der Waals surface area contributed by atoms with Crippen molar-refractivity contribution in [1.29, 1.82) is 0 Å². The first kappa shape index (κ1) is 11.5. The third-order valence-corrected chi connectivity index (χ3v) is 2.84. The van der Waals surface area contributed by atoms with E-state index in [9.17, 15) is 0 Å². The van der Waals surface area contributed by atoms with Gasteiger partial charge in [0.25, 0.3) is 0 Å². The van der Waals surface area contributed by atoms with Crippen molar-refractivity contribution in [2.45, 2.75) is 17.1 Å². The molecule has 0 fully saturated rings. The summed E-state index contributed by atoms with van der Waals surface area (Å²) >= 11 is 1.38. The van der Waals surface area contributed by atoms with Crippen LogP contribution in [-0.4, -0.2) is 26.0 Å². The first-order valence-corrected chi connectivity index (χ1v) is 5.64. The molecule has 17 heavy (non-hydrogen) atoms. The lowest BCUT2D eigenvalue weighted by Crippen LogP contribution is -2.13. The number of aryl methyl sites for hydroxylation is 1. The maximum absolute atomic E-state index is 8.64. The van der Waals surface area contributed by atoms with E-state index in [1.165, 1.54) is 11.8 Å². The van der Waals surface area contributed by atoms with Crippen LogP contribution in [0.25, 0.3) is 0 Å². The fourth-order valence-electron chi connectivity index (χ4n) is 1.30. The first-order valence-electron chi connectivity index (χ1n) is 4.83. The van der Waals surface area contributed by atoms with Gasteiger partial charge >= 0.3 is 0 Å². The smallest absolute Gasteiger partial charge is 0.171 e. The van der Waals surface area contributed by atoms with Crippen molar-refractivity contribution in [3.63, 3.8) is 0 Å². The summed E-state index contributed by atoms with van der Waals surface area (Å²) in [6.45, 7) is 1.85. The molecule has 2 heterocycles. The average molecular weight is 249 g/mol. The van der Waals surface area contributed by atoms with Crippen LogP contribution in [0.5, 0.6) is 0 Å². The van der Waals surface area contributed by atoms with Crippen molar-refractivity contribution >= 4 is 17.6 Å². The zero-order valence-electron chi connectivity index (χ0n) is 9.08. The van der Waals surface area contributed by atoms with E-state index in [0.29, 0.717) is 5.56 Å². The molecule has 4 N–H and O–H groups in total. The van der Waals surface area contributed by atoms with E-state index in [0.717, 1.165) is 15.9 Å². The van der Waals surface area contributed by atoms with Gasteiger partial charge in [-0.15, -0.1) is 0 Å². The molecule has 7 heteroatoms. The van der Waals surface area contributed by atoms with Gasteiger partial charge in [0.15, 0.2) is 11.0 Å². The van der Waals surface area contributed by atoms with Gasteiger partial charge in [-0.2, -0.15) is 0 Å². The number of rotatable bonds is 3. The number of nitrogens with one attached hydrogen (secondary N) is 1. The van der Waals surface area contributed by atoms with E-state index in [1.54, 1.807) is 24.5 Å². The Hall–Kier alpha value is -2.02. The van der Waals surface area contributed by atoms with Crippen molar-refractivity contribution in [3.05, 3.63) is 35.8 Å². The Labute approximate surface area is 102 Å². The van der Waals surface area contributed by atoms with Crippen LogP contribution in [0.15, 0.2) is 39.9 Å². The van der Waals surface area contributed by atoms with Gasteiger partial charge in [0.1, 0.15) is 5.03 Å². The quantitative estimate of drug-likeness (QED) is 0.330. The lowest BCUT2D eigenvalue weighted by atomic mass is 10.2. The molecule has 88 valence electrons. The minimum atomic E-state index is 0.0665. The summed E-state index contributed by atoms with van der Waals surface area (Å²) in [5.74, 6) is 0.0665. The van der Waals surface area contributed by atoms with E-state index in [4.69, 9.17) is 10.9 Å². The van der Waals surface area contributed by atoms with Gasteiger partial charge < -0.3 is 15.9 Å². The van der Waals surface area contributed by atoms with E-state index in [-0.39, 0.29) is 5.84 Å². The Bertz CT molecular complexity index is 538. The minimum Gasteiger partial charge on any atom is -0.409 e. The van der Waals surface area contributed by atoms with Gasteiger partial charge in [0.2, 0.25) is 0 Å². The zero-order chi connectivity index (χ0) is 12.3. The lowest BCUT2D eigenvalue weighted by Gasteiger charge is -2.04.